The molecule has 0 spiro atoms. The van der Waals surface area contributed by atoms with E-state index in [2.05, 4.69) is 20.9 Å². The lowest BCUT2D eigenvalue weighted by Gasteiger charge is -2.22. The molecule has 4 rings (SSSR count). The Balaban J connectivity index is 1.33. The van der Waals surface area contributed by atoms with Gasteiger partial charge in [0.15, 0.2) is 5.69 Å². The van der Waals surface area contributed by atoms with Crippen molar-refractivity contribution in [1.82, 2.24) is 30.5 Å². The number of methoxy groups -OCH3 is 1. The summed E-state index contributed by atoms with van der Waals surface area (Å²) in [5.41, 5.74) is 1.28. The van der Waals surface area contributed by atoms with Crippen molar-refractivity contribution in [2.75, 3.05) is 26.7 Å². The van der Waals surface area contributed by atoms with Crippen molar-refractivity contribution in [2.45, 2.75) is 37.9 Å². The standard InChI is InChI=1S/C20H26N6O3/c1-29-16-4-2-14(3-5-16)12-25-11-8-17(20(25)28)22-19(27)18-13-26(24-23-18)15-6-9-21-10-7-15/h2-5,13,15,17,21H,6-12H2,1H3,(H,22,27). The lowest BCUT2D eigenvalue weighted by atomic mass is 10.1. The number of amides is 2. The van der Waals surface area contributed by atoms with Crippen LogP contribution < -0.4 is 15.4 Å². The zero-order chi connectivity index (χ0) is 20.2. The first kappa shape index (κ1) is 19.4. The van der Waals surface area contributed by atoms with Gasteiger partial charge in [0.05, 0.1) is 19.3 Å². The van der Waals surface area contributed by atoms with Crippen LogP contribution in [0.5, 0.6) is 5.75 Å². The lowest BCUT2D eigenvalue weighted by molar-refractivity contribution is -0.129. The minimum absolute atomic E-state index is 0.0695. The molecule has 29 heavy (non-hydrogen) atoms. The fourth-order valence-corrected chi connectivity index (χ4v) is 3.84. The van der Waals surface area contributed by atoms with E-state index in [9.17, 15) is 9.59 Å². The number of nitrogens with one attached hydrogen (secondary N) is 2. The number of aromatic nitrogens is 3. The van der Waals surface area contributed by atoms with E-state index in [1.807, 2.05) is 24.3 Å². The van der Waals surface area contributed by atoms with Crippen LogP contribution in [0.25, 0.3) is 0 Å². The van der Waals surface area contributed by atoms with Crippen LogP contribution in [-0.2, 0) is 11.3 Å². The summed E-state index contributed by atoms with van der Waals surface area (Å²) in [6.07, 6.45) is 4.20. The Morgan fingerprint density at radius 2 is 2.00 bits per heavy atom. The van der Waals surface area contributed by atoms with E-state index in [0.29, 0.717) is 19.5 Å². The quantitative estimate of drug-likeness (QED) is 0.744. The van der Waals surface area contributed by atoms with Gasteiger partial charge in [0.25, 0.3) is 5.91 Å². The van der Waals surface area contributed by atoms with Crippen LogP contribution >= 0.6 is 0 Å². The summed E-state index contributed by atoms with van der Waals surface area (Å²) in [6, 6.07) is 7.37. The first-order valence-corrected chi connectivity index (χ1v) is 9.99. The van der Waals surface area contributed by atoms with Gasteiger partial charge in [0.1, 0.15) is 11.8 Å². The Hall–Kier alpha value is -2.94. The van der Waals surface area contributed by atoms with Crippen LogP contribution in [0.3, 0.4) is 0 Å². The molecule has 2 amide bonds. The molecular weight excluding hydrogens is 372 g/mol. The van der Waals surface area contributed by atoms with Crippen molar-refractivity contribution in [1.29, 1.82) is 0 Å². The monoisotopic (exact) mass is 398 g/mol. The fourth-order valence-electron chi connectivity index (χ4n) is 3.84. The molecule has 2 fully saturated rings. The van der Waals surface area contributed by atoms with Gasteiger partial charge in [-0.15, -0.1) is 5.10 Å². The van der Waals surface area contributed by atoms with Crippen LogP contribution in [0.2, 0.25) is 0 Å². The van der Waals surface area contributed by atoms with Gasteiger partial charge in [0, 0.05) is 13.1 Å². The summed E-state index contributed by atoms with van der Waals surface area (Å²) >= 11 is 0. The molecule has 0 saturated carbocycles. The maximum Gasteiger partial charge on any atom is 0.274 e. The molecule has 1 aromatic heterocycles. The second kappa shape index (κ2) is 8.60. The molecule has 154 valence electrons. The van der Waals surface area contributed by atoms with Crippen LogP contribution in [0.15, 0.2) is 30.5 Å². The first-order valence-electron chi connectivity index (χ1n) is 9.99. The average molecular weight is 398 g/mol. The van der Waals surface area contributed by atoms with Gasteiger partial charge in [-0.05, 0) is 50.0 Å². The number of ether oxygens (including phenoxy) is 1. The van der Waals surface area contributed by atoms with Crippen LogP contribution in [0, 0.1) is 0 Å². The Bertz CT molecular complexity index is 859. The van der Waals surface area contributed by atoms with E-state index in [1.54, 1.807) is 22.9 Å². The lowest BCUT2D eigenvalue weighted by Crippen LogP contribution is -2.41. The molecule has 1 unspecified atom stereocenters. The molecule has 9 nitrogen and oxygen atoms in total. The number of piperidine rings is 1. The van der Waals surface area contributed by atoms with E-state index in [4.69, 9.17) is 4.74 Å². The van der Waals surface area contributed by atoms with Crippen molar-refractivity contribution >= 4 is 11.8 Å². The van der Waals surface area contributed by atoms with E-state index >= 15 is 0 Å². The zero-order valence-corrected chi connectivity index (χ0v) is 16.5. The third-order valence-corrected chi connectivity index (χ3v) is 5.56. The molecule has 1 aromatic carbocycles. The predicted octanol–water partition coefficient (Wildman–Crippen LogP) is 0.742. The fraction of sp³-hybridized carbons (Fsp3) is 0.500. The summed E-state index contributed by atoms with van der Waals surface area (Å²) < 4.78 is 6.93. The molecule has 2 aliphatic heterocycles. The van der Waals surface area contributed by atoms with Crippen molar-refractivity contribution < 1.29 is 14.3 Å². The molecule has 2 aliphatic rings. The van der Waals surface area contributed by atoms with Gasteiger partial charge in [-0.2, -0.15) is 0 Å². The third kappa shape index (κ3) is 4.40. The van der Waals surface area contributed by atoms with E-state index in [1.165, 1.54) is 0 Å². The summed E-state index contributed by atoms with van der Waals surface area (Å²) in [7, 11) is 1.62. The van der Waals surface area contributed by atoms with E-state index in [0.717, 1.165) is 37.2 Å². The second-order valence-corrected chi connectivity index (χ2v) is 7.49. The number of carbonyl (C=O) groups excluding carboxylic acids is 2. The molecule has 0 aliphatic carbocycles. The smallest absolute Gasteiger partial charge is 0.274 e. The van der Waals surface area contributed by atoms with Crippen LogP contribution in [0.1, 0.15) is 41.4 Å². The van der Waals surface area contributed by atoms with E-state index in [-0.39, 0.29) is 23.6 Å². The Morgan fingerprint density at radius 1 is 1.24 bits per heavy atom. The highest BCUT2D eigenvalue weighted by atomic mass is 16.5. The predicted molar refractivity (Wildman–Crippen MR) is 105 cm³/mol. The molecule has 2 saturated heterocycles. The zero-order valence-electron chi connectivity index (χ0n) is 16.5. The van der Waals surface area contributed by atoms with Crippen molar-refractivity contribution in [3.05, 3.63) is 41.7 Å². The minimum atomic E-state index is -0.523. The van der Waals surface area contributed by atoms with Gasteiger partial charge in [-0.3, -0.25) is 9.59 Å². The first-order chi connectivity index (χ1) is 14.1. The van der Waals surface area contributed by atoms with Gasteiger partial charge >= 0.3 is 0 Å². The largest absolute Gasteiger partial charge is 0.497 e. The highest BCUT2D eigenvalue weighted by Crippen LogP contribution is 2.19. The Morgan fingerprint density at radius 3 is 2.72 bits per heavy atom. The topological polar surface area (TPSA) is 101 Å². The molecule has 3 heterocycles. The molecule has 1 atom stereocenters. The summed E-state index contributed by atoms with van der Waals surface area (Å²) in [4.78, 5) is 27.0. The Labute approximate surface area is 169 Å². The highest BCUT2D eigenvalue weighted by Gasteiger charge is 2.33. The maximum absolute atomic E-state index is 12.7. The number of hydrogen-bond donors (Lipinski definition) is 2. The van der Waals surface area contributed by atoms with Crippen molar-refractivity contribution in [3.8, 4) is 5.75 Å². The van der Waals surface area contributed by atoms with Crippen LogP contribution in [0.4, 0.5) is 0 Å². The number of rotatable bonds is 6. The van der Waals surface area contributed by atoms with Crippen LogP contribution in [-0.4, -0.2) is 64.5 Å². The molecule has 0 radical (unpaired) electrons. The van der Waals surface area contributed by atoms with Gasteiger partial charge < -0.3 is 20.3 Å². The molecular formula is C20H26N6O3. The number of hydrogen-bond acceptors (Lipinski definition) is 6. The van der Waals surface area contributed by atoms with Crippen molar-refractivity contribution in [3.63, 3.8) is 0 Å². The third-order valence-electron chi connectivity index (χ3n) is 5.56. The average Bonchev–Trinajstić information content (AvgIpc) is 3.38. The number of carbonyl (C=O) groups is 2. The minimum Gasteiger partial charge on any atom is -0.497 e. The van der Waals surface area contributed by atoms with Gasteiger partial charge in [-0.25, -0.2) is 4.68 Å². The normalized spacial score (nSPS) is 20.1. The van der Waals surface area contributed by atoms with E-state index < -0.39 is 6.04 Å². The maximum atomic E-state index is 12.7. The molecule has 2 N–H and O–H groups in total. The molecule has 2 aromatic rings. The second-order valence-electron chi connectivity index (χ2n) is 7.49. The summed E-state index contributed by atoms with van der Waals surface area (Å²) in [5.74, 6) is 0.360. The number of likely N-dealkylation sites (tertiary alicyclic amines) is 1. The molecule has 0 bridgehead atoms. The van der Waals surface area contributed by atoms with Gasteiger partial charge in [0.2, 0.25) is 5.91 Å². The Kier molecular flexibility index (Phi) is 5.75. The SMILES string of the molecule is COc1ccc(CN2CCC(NC(=O)c3cn(C4CCNCC4)nn3)C2=O)cc1. The summed E-state index contributed by atoms with van der Waals surface area (Å²) in [6.45, 7) is 3.00. The van der Waals surface area contributed by atoms with Crippen molar-refractivity contribution in [2.24, 2.45) is 0 Å². The summed E-state index contributed by atoms with van der Waals surface area (Å²) in [5, 5.41) is 14.2. The van der Waals surface area contributed by atoms with Gasteiger partial charge in [-0.1, -0.05) is 17.3 Å². The number of benzene rings is 1. The highest BCUT2D eigenvalue weighted by molar-refractivity contribution is 5.96. The molecule has 9 heteroatoms. The number of nitrogens with zero attached hydrogens (tertiary/aromatic N) is 4.